The Morgan fingerprint density at radius 2 is 1.53 bits per heavy atom. The average Bonchev–Trinajstić information content (AvgIpc) is 3.49. The number of carbonyl (C=O) groups is 2. The minimum Gasteiger partial charge on any atom is -0.493 e. The molecule has 0 spiro atoms. The summed E-state index contributed by atoms with van der Waals surface area (Å²) in [5.41, 5.74) is 1.73. The van der Waals surface area contributed by atoms with Gasteiger partial charge in [0, 0.05) is 35.6 Å². The van der Waals surface area contributed by atoms with E-state index in [1.165, 1.54) is 21.3 Å². The van der Waals surface area contributed by atoms with Crippen LogP contribution in [0.5, 0.6) is 17.2 Å². The van der Waals surface area contributed by atoms with Crippen LogP contribution in [0.2, 0.25) is 5.02 Å². The van der Waals surface area contributed by atoms with Gasteiger partial charge in [0.2, 0.25) is 11.7 Å². The van der Waals surface area contributed by atoms with Crippen LogP contribution >= 0.6 is 11.6 Å². The zero-order valence-corrected chi connectivity index (χ0v) is 25.8. The molecule has 0 saturated carbocycles. The lowest BCUT2D eigenvalue weighted by Crippen LogP contribution is -2.51. The van der Waals surface area contributed by atoms with Crippen LogP contribution in [0.25, 0.3) is 0 Å². The number of rotatable bonds is 10. The van der Waals surface area contributed by atoms with E-state index in [0.29, 0.717) is 53.9 Å². The van der Waals surface area contributed by atoms with Crippen molar-refractivity contribution in [1.82, 2.24) is 15.5 Å². The minimum absolute atomic E-state index is 0.0646. The normalized spacial score (nSPS) is 19.5. The number of hydrogen-bond donors (Lipinski definition) is 2. The van der Waals surface area contributed by atoms with Crippen molar-refractivity contribution in [3.8, 4) is 17.2 Å². The summed E-state index contributed by atoms with van der Waals surface area (Å²) < 4.78 is 16.4. The summed E-state index contributed by atoms with van der Waals surface area (Å²) in [6.45, 7) is 3.18. The highest BCUT2D eigenvalue weighted by molar-refractivity contribution is 6.30. The van der Waals surface area contributed by atoms with Gasteiger partial charge in [-0.1, -0.05) is 54.1 Å². The Morgan fingerprint density at radius 1 is 0.884 bits per heavy atom. The number of hydrogen-bond acceptors (Lipinski definition) is 6. The fourth-order valence-electron chi connectivity index (χ4n) is 6.66. The first kappa shape index (κ1) is 30.7. The molecule has 2 saturated heterocycles. The Balaban J connectivity index is 1.37. The molecule has 0 aliphatic carbocycles. The third-order valence-corrected chi connectivity index (χ3v) is 9.37. The van der Waals surface area contributed by atoms with E-state index in [-0.39, 0.29) is 17.2 Å². The maximum absolute atomic E-state index is 13.9. The highest BCUT2D eigenvalue weighted by Gasteiger charge is 2.44. The topological polar surface area (TPSA) is 89.1 Å². The summed E-state index contributed by atoms with van der Waals surface area (Å²) >= 11 is 6.25. The Bertz CT molecular complexity index is 1400. The number of piperidine rings is 1. The van der Waals surface area contributed by atoms with Crippen LogP contribution in [-0.2, 0) is 15.6 Å². The molecule has 3 aromatic carbocycles. The zero-order chi connectivity index (χ0) is 30.5. The number of carbonyl (C=O) groups excluding carboxylic acids is 2. The molecule has 3 aromatic rings. The molecule has 2 amide bonds. The van der Waals surface area contributed by atoms with Gasteiger partial charge in [-0.15, -0.1) is 0 Å². The fourth-order valence-corrected chi connectivity index (χ4v) is 6.79. The van der Waals surface area contributed by atoms with Crippen molar-refractivity contribution >= 4 is 23.4 Å². The van der Waals surface area contributed by atoms with Gasteiger partial charge in [0.15, 0.2) is 11.5 Å². The summed E-state index contributed by atoms with van der Waals surface area (Å²) in [5, 5.41) is 7.35. The van der Waals surface area contributed by atoms with E-state index in [9.17, 15) is 9.59 Å². The van der Waals surface area contributed by atoms with Gasteiger partial charge < -0.3 is 29.7 Å². The van der Waals surface area contributed by atoms with Gasteiger partial charge in [0.05, 0.1) is 26.7 Å². The smallest absolute Gasteiger partial charge is 0.254 e. The summed E-state index contributed by atoms with van der Waals surface area (Å²) in [6.07, 6.45) is 2.95. The summed E-state index contributed by atoms with van der Waals surface area (Å²) in [5.74, 6) is 1.26. The lowest BCUT2D eigenvalue weighted by atomic mass is 9.72. The van der Waals surface area contributed by atoms with E-state index >= 15 is 0 Å². The van der Waals surface area contributed by atoms with Crippen LogP contribution in [0.3, 0.4) is 0 Å². The molecule has 228 valence electrons. The number of amides is 2. The monoisotopic (exact) mass is 605 g/mol. The molecule has 1 atom stereocenters. The van der Waals surface area contributed by atoms with Crippen molar-refractivity contribution in [2.24, 2.45) is 0 Å². The molecule has 9 heteroatoms. The van der Waals surface area contributed by atoms with Gasteiger partial charge in [-0.3, -0.25) is 9.59 Å². The second kappa shape index (κ2) is 13.3. The standard InChI is InChI=1S/C34H40ClN3O5/c1-41-28-21-24(22-29(42-2)30(28)43-3)31(39)38-20-16-33(23-38,25-9-11-27(35)12-10-25)13-19-37-32(40)34(14-17-36-18-15-34)26-7-5-4-6-8-26/h4-12,21-22,36H,13-20,23H2,1-3H3,(H,37,40). The first-order valence-corrected chi connectivity index (χ1v) is 15.1. The van der Waals surface area contributed by atoms with Crippen molar-refractivity contribution in [2.45, 2.75) is 36.5 Å². The van der Waals surface area contributed by atoms with E-state index < -0.39 is 5.41 Å². The SMILES string of the molecule is COc1cc(C(=O)N2CCC(CCNC(=O)C3(c4ccccc4)CCNCC3)(c3ccc(Cl)cc3)C2)cc(OC)c1OC. The Labute approximate surface area is 258 Å². The lowest BCUT2D eigenvalue weighted by molar-refractivity contribution is -0.127. The number of nitrogens with one attached hydrogen (secondary N) is 2. The molecular formula is C34H40ClN3O5. The first-order valence-electron chi connectivity index (χ1n) is 14.8. The maximum atomic E-state index is 13.9. The quantitative estimate of drug-likeness (QED) is 0.339. The fraction of sp³-hybridized carbons (Fsp3) is 0.412. The zero-order valence-electron chi connectivity index (χ0n) is 25.1. The molecule has 2 N–H and O–H groups in total. The van der Waals surface area contributed by atoms with Gasteiger partial charge >= 0.3 is 0 Å². The molecule has 5 rings (SSSR count). The molecule has 0 bridgehead atoms. The first-order chi connectivity index (χ1) is 20.9. The number of nitrogens with zero attached hydrogens (tertiary/aromatic N) is 1. The predicted molar refractivity (Wildman–Crippen MR) is 168 cm³/mol. The lowest BCUT2D eigenvalue weighted by Gasteiger charge is -2.37. The second-order valence-corrected chi connectivity index (χ2v) is 11.8. The van der Waals surface area contributed by atoms with E-state index in [1.54, 1.807) is 12.1 Å². The molecule has 43 heavy (non-hydrogen) atoms. The number of likely N-dealkylation sites (tertiary alicyclic amines) is 1. The number of ether oxygens (including phenoxy) is 3. The largest absolute Gasteiger partial charge is 0.493 e. The van der Waals surface area contributed by atoms with Gasteiger partial charge in [-0.2, -0.15) is 0 Å². The average molecular weight is 606 g/mol. The Kier molecular flexibility index (Phi) is 9.47. The van der Waals surface area contributed by atoms with Crippen molar-refractivity contribution in [3.05, 3.63) is 88.4 Å². The number of benzene rings is 3. The molecule has 8 nitrogen and oxygen atoms in total. The van der Waals surface area contributed by atoms with Crippen LogP contribution in [0.4, 0.5) is 0 Å². The van der Waals surface area contributed by atoms with Crippen molar-refractivity contribution in [3.63, 3.8) is 0 Å². The second-order valence-electron chi connectivity index (χ2n) is 11.4. The Morgan fingerprint density at radius 3 is 2.14 bits per heavy atom. The van der Waals surface area contributed by atoms with E-state index in [0.717, 1.165) is 43.5 Å². The van der Waals surface area contributed by atoms with Gasteiger partial charge in [-0.05, 0) is 74.2 Å². The molecule has 2 heterocycles. The molecular weight excluding hydrogens is 566 g/mol. The van der Waals surface area contributed by atoms with Crippen molar-refractivity contribution in [1.29, 1.82) is 0 Å². The van der Waals surface area contributed by atoms with Crippen LogP contribution in [0.1, 0.15) is 47.2 Å². The van der Waals surface area contributed by atoms with E-state index in [4.69, 9.17) is 25.8 Å². The predicted octanol–water partition coefficient (Wildman–Crippen LogP) is 4.98. The molecule has 1 unspecified atom stereocenters. The molecule has 2 aliphatic heterocycles. The van der Waals surface area contributed by atoms with Crippen molar-refractivity contribution < 1.29 is 23.8 Å². The molecule has 2 aliphatic rings. The molecule has 0 aromatic heterocycles. The number of halogens is 1. The highest BCUT2D eigenvalue weighted by atomic mass is 35.5. The summed E-state index contributed by atoms with van der Waals surface area (Å²) in [7, 11) is 4.61. The summed E-state index contributed by atoms with van der Waals surface area (Å²) in [6, 6.07) is 21.3. The Hall–Kier alpha value is -3.75. The van der Waals surface area contributed by atoms with Gasteiger partial charge in [0.1, 0.15) is 0 Å². The van der Waals surface area contributed by atoms with Gasteiger partial charge in [0.25, 0.3) is 5.91 Å². The van der Waals surface area contributed by atoms with Crippen molar-refractivity contribution in [2.75, 3.05) is 54.1 Å². The van der Waals surface area contributed by atoms with Crippen LogP contribution in [0.15, 0.2) is 66.7 Å². The van der Waals surface area contributed by atoms with E-state index in [1.807, 2.05) is 47.4 Å². The molecule has 0 radical (unpaired) electrons. The highest BCUT2D eigenvalue weighted by Crippen LogP contribution is 2.42. The maximum Gasteiger partial charge on any atom is 0.254 e. The minimum atomic E-state index is -0.551. The van der Waals surface area contributed by atoms with Crippen LogP contribution < -0.4 is 24.8 Å². The summed E-state index contributed by atoms with van der Waals surface area (Å²) in [4.78, 5) is 29.5. The van der Waals surface area contributed by atoms with Crippen LogP contribution in [0, 0.1) is 0 Å². The number of methoxy groups -OCH3 is 3. The third-order valence-electron chi connectivity index (χ3n) is 9.12. The third kappa shape index (κ3) is 6.17. The van der Waals surface area contributed by atoms with Crippen LogP contribution in [-0.4, -0.2) is 70.8 Å². The van der Waals surface area contributed by atoms with E-state index in [2.05, 4.69) is 22.8 Å². The molecule has 2 fully saturated rings. The van der Waals surface area contributed by atoms with Gasteiger partial charge in [-0.25, -0.2) is 0 Å².